The summed E-state index contributed by atoms with van der Waals surface area (Å²) in [6.45, 7) is 2.93. The standard InChI is InChI=1S/C87H56F4N6/c1-54-31-43-67(76(48-54)87(89,90)91)62-38-46-82-75(51-62)74-50-61(66-44-32-56(18-17-47-88)49-55(66)2)37-45-81(74)97(82)83-72(57-33-39-64(40-34-57)95-77-27-13-9-23-68(77)69-24-10-14-28-78(69)95)52-63(86-93-84(59-19-5-3-6-20-59)92-85(94-86)60-21-7-4-8-22-60)53-73(83)58-35-41-65(42-36-58)96-79-29-15-11-25-70(79)71-26-12-16-30-80(71)96/h3-16,19-46,48-53H,47H2,1-2H3. The highest BCUT2D eigenvalue weighted by Gasteiger charge is 2.34. The molecule has 17 rings (SSSR count). The zero-order chi connectivity index (χ0) is 65.5. The number of alkyl halides is 4. The van der Waals surface area contributed by atoms with E-state index in [4.69, 9.17) is 15.0 Å². The number of aromatic nitrogens is 6. The highest BCUT2D eigenvalue weighted by atomic mass is 19.4. The average Bonchev–Trinajstić information content (AvgIpc) is 1.61. The molecule has 0 amide bonds. The molecule has 17 aromatic rings. The largest absolute Gasteiger partial charge is 0.417 e. The van der Waals surface area contributed by atoms with Gasteiger partial charge in [0.1, 0.15) is 0 Å². The van der Waals surface area contributed by atoms with E-state index >= 15 is 13.2 Å². The van der Waals surface area contributed by atoms with Gasteiger partial charge in [0.05, 0.1) is 44.4 Å². The van der Waals surface area contributed by atoms with Crippen LogP contribution in [0.1, 0.15) is 22.3 Å². The van der Waals surface area contributed by atoms with Crippen molar-refractivity contribution in [2.24, 2.45) is 0 Å². The highest BCUT2D eigenvalue weighted by molar-refractivity contribution is 6.14. The highest BCUT2D eigenvalue weighted by Crippen LogP contribution is 2.48. The van der Waals surface area contributed by atoms with Gasteiger partial charge in [-0.2, -0.15) is 13.2 Å². The van der Waals surface area contributed by atoms with Gasteiger partial charge in [-0.1, -0.05) is 205 Å². The lowest BCUT2D eigenvalue weighted by atomic mass is 9.92. The SMILES string of the molecule is Cc1ccc(-c2ccc3c(c2)c2cc(-c4ccc(C#CCF)cc4C)ccc2n3-c2c(-c3ccc(-n4c5ccccc5c5ccccc54)cc3)cc(-c3nc(-c4ccccc4)nc(-c4ccccc4)n3)cc2-c2ccc(-n3c4ccccc4c4ccccc43)cc2)c(C(F)(F)F)c1. The Balaban J connectivity index is 0.980. The zero-order valence-electron chi connectivity index (χ0n) is 52.6. The van der Waals surface area contributed by atoms with Crippen molar-refractivity contribution in [2.75, 3.05) is 6.67 Å². The van der Waals surface area contributed by atoms with E-state index < -0.39 is 18.4 Å². The van der Waals surface area contributed by atoms with E-state index in [1.165, 1.54) is 6.07 Å². The van der Waals surface area contributed by atoms with Gasteiger partial charge < -0.3 is 13.7 Å². The molecule has 0 aliphatic heterocycles. The number of benzene rings is 13. The molecule has 0 saturated heterocycles. The lowest BCUT2D eigenvalue weighted by Crippen LogP contribution is -2.07. The van der Waals surface area contributed by atoms with Gasteiger partial charge in [-0.05, 0) is 156 Å². The predicted octanol–water partition coefficient (Wildman–Crippen LogP) is 22.8. The van der Waals surface area contributed by atoms with Gasteiger partial charge in [0.25, 0.3) is 0 Å². The lowest BCUT2D eigenvalue weighted by molar-refractivity contribution is -0.137. The van der Waals surface area contributed by atoms with Crippen LogP contribution in [0.15, 0.2) is 291 Å². The summed E-state index contributed by atoms with van der Waals surface area (Å²) in [5, 5.41) is 6.16. The number of para-hydroxylation sites is 4. The molecule has 6 nitrogen and oxygen atoms in total. The third kappa shape index (κ3) is 10.2. The molecule has 0 N–H and O–H groups in total. The first-order chi connectivity index (χ1) is 47.5. The molecular formula is C87H56F4N6. The summed E-state index contributed by atoms with van der Waals surface area (Å²) in [7, 11) is 0. The summed E-state index contributed by atoms with van der Waals surface area (Å²) in [6.07, 6.45) is -4.63. The minimum Gasteiger partial charge on any atom is -0.309 e. The normalized spacial score (nSPS) is 11.8. The van der Waals surface area contributed by atoms with Crippen LogP contribution in [0.5, 0.6) is 0 Å². The van der Waals surface area contributed by atoms with Crippen molar-refractivity contribution in [1.82, 2.24) is 28.7 Å². The van der Waals surface area contributed by atoms with Crippen molar-refractivity contribution in [2.45, 2.75) is 20.0 Å². The van der Waals surface area contributed by atoms with Gasteiger partial charge in [0.15, 0.2) is 24.1 Å². The van der Waals surface area contributed by atoms with Crippen LogP contribution in [0.2, 0.25) is 0 Å². The Hall–Kier alpha value is -12.5. The summed E-state index contributed by atoms with van der Waals surface area (Å²) in [5.41, 5.74) is 18.2. The fraction of sp³-hybridized carbons (Fsp3) is 0.0460. The Morgan fingerprint density at radius 3 is 1.18 bits per heavy atom. The van der Waals surface area contributed by atoms with Crippen LogP contribution in [-0.4, -0.2) is 35.3 Å². The van der Waals surface area contributed by atoms with E-state index in [0.29, 0.717) is 34.2 Å². The van der Waals surface area contributed by atoms with Crippen molar-refractivity contribution in [3.63, 3.8) is 0 Å². The lowest BCUT2D eigenvalue weighted by Gasteiger charge is -2.22. The molecule has 4 aromatic heterocycles. The van der Waals surface area contributed by atoms with E-state index in [-0.39, 0.29) is 5.56 Å². The summed E-state index contributed by atoms with van der Waals surface area (Å²) >= 11 is 0. The Morgan fingerprint density at radius 1 is 0.330 bits per heavy atom. The average molecular weight is 1260 g/mol. The number of aryl methyl sites for hydroxylation is 2. The van der Waals surface area contributed by atoms with Gasteiger partial charge in [-0.25, -0.2) is 19.3 Å². The van der Waals surface area contributed by atoms with E-state index in [1.54, 1.807) is 19.1 Å². The van der Waals surface area contributed by atoms with Crippen molar-refractivity contribution >= 4 is 65.4 Å². The minimum absolute atomic E-state index is 0.0809. The Labute approximate surface area is 556 Å². The second kappa shape index (κ2) is 23.5. The van der Waals surface area contributed by atoms with Crippen molar-refractivity contribution < 1.29 is 17.6 Å². The molecule has 462 valence electrons. The number of halogens is 4. The molecule has 10 heteroatoms. The summed E-state index contributed by atoms with van der Waals surface area (Å²) < 4.78 is 66.2. The van der Waals surface area contributed by atoms with Gasteiger partial charge in [-0.15, -0.1) is 0 Å². The first kappa shape index (κ1) is 58.4. The molecule has 0 unspecified atom stereocenters. The van der Waals surface area contributed by atoms with E-state index in [0.717, 1.165) is 138 Å². The van der Waals surface area contributed by atoms with Crippen molar-refractivity contribution in [3.05, 3.63) is 313 Å². The molecule has 0 fully saturated rings. The molecule has 13 aromatic carbocycles. The summed E-state index contributed by atoms with van der Waals surface area (Å²) in [5.74, 6) is 6.96. The van der Waals surface area contributed by atoms with Crippen LogP contribution in [-0.2, 0) is 6.18 Å². The molecule has 0 bridgehead atoms. The van der Waals surface area contributed by atoms with Gasteiger partial charge in [0, 0.05) is 77.1 Å². The number of rotatable bonds is 10. The van der Waals surface area contributed by atoms with E-state index in [2.05, 4.69) is 201 Å². The van der Waals surface area contributed by atoms with Crippen LogP contribution in [0.4, 0.5) is 17.6 Å². The van der Waals surface area contributed by atoms with Crippen LogP contribution in [0.25, 0.3) is 161 Å². The molecule has 0 radical (unpaired) electrons. The van der Waals surface area contributed by atoms with Gasteiger partial charge in [0.2, 0.25) is 0 Å². The minimum atomic E-state index is -4.63. The van der Waals surface area contributed by atoms with E-state index in [9.17, 15) is 4.39 Å². The molecule has 0 aliphatic carbocycles. The maximum Gasteiger partial charge on any atom is 0.417 e. The first-order valence-corrected chi connectivity index (χ1v) is 32.2. The van der Waals surface area contributed by atoms with Crippen LogP contribution in [0.3, 0.4) is 0 Å². The molecule has 4 heterocycles. The molecular weight excluding hydrogens is 1200 g/mol. The van der Waals surface area contributed by atoms with Crippen LogP contribution >= 0.6 is 0 Å². The molecule has 0 aliphatic rings. The molecule has 0 saturated carbocycles. The maximum atomic E-state index is 15.3. The van der Waals surface area contributed by atoms with E-state index in [1.807, 2.05) is 104 Å². The fourth-order valence-electron chi connectivity index (χ4n) is 14.3. The first-order valence-electron chi connectivity index (χ1n) is 32.2. The Morgan fingerprint density at radius 2 is 0.732 bits per heavy atom. The Bertz CT molecular complexity index is 5710. The van der Waals surface area contributed by atoms with Crippen LogP contribution < -0.4 is 0 Å². The summed E-state index contributed by atoms with van der Waals surface area (Å²) in [6, 6.07) is 98.1. The third-order valence-corrected chi connectivity index (χ3v) is 18.7. The number of hydrogen-bond donors (Lipinski definition) is 0. The second-order valence-electron chi connectivity index (χ2n) is 24.6. The smallest absolute Gasteiger partial charge is 0.309 e. The van der Waals surface area contributed by atoms with Gasteiger partial charge in [-0.3, -0.25) is 0 Å². The van der Waals surface area contributed by atoms with Gasteiger partial charge >= 0.3 is 6.18 Å². The third-order valence-electron chi connectivity index (χ3n) is 18.7. The Kier molecular flexibility index (Phi) is 14.2. The van der Waals surface area contributed by atoms with Crippen molar-refractivity contribution in [1.29, 1.82) is 0 Å². The summed E-state index contributed by atoms with van der Waals surface area (Å²) in [4.78, 5) is 15.9. The number of fused-ring (bicyclic) bond motifs is 9. The van der Waals surface area contributed by atoms with Crippen molar-refractivity contribution in [3.8, 4) is 108 Å². The number of hydrogen-bond acceptors (Lipinski definition) is 3. The number of nitrogens with zero attached hydrogens (tertiary/aromatic N) is 6. The fourth-order valence-corrected chi connectivity index (χ4v) is 14.3. The topological polar surface area (TPSA) is 53.5 Å². The maximum absolute atomic E-state index is 15.3. The predicted molar refractivity (Wildman–Crippen MR) is 388 cm³/mol. The second-order valence-corrected chi connectivity index (χ2v) is 24.6. The molecule has 0 atom stereocenters. The zero-order valence-corrected chi connectivity index (χ0v) is 52.6. The quantitative estimate of drug-likeness (QED) is 0.101. The monoisotopic (exact) mass is 1260 g/mol. The van der Waals surface area contributed by atoms with Crippen LogP contribution in [0, 0.1) is 25.7 Å². The molecule has 97 heavy (non-hydrogen) atoms. The molecule has 0 spiro atoms.